The Balaban J connectivity index is 1.85. The van der Waals surface area contributed by atoms with Crippen molar-refractivity contribution in [2.24, 2.45) is 0 Å². The van der Waals surface area contributed by atoms with E-state index < -0.39 is 10.0 Å². The maximum Gasteiger partial charge on any atom is 0.216 e. The Kier molecular flexibility index (Phi) is 6.48. The zero-order valence-electron chi connectivity index (χ0n) is 13.5. The molecule has 0 saturated heterocycles. The Morgan fingerprint density at radius 2 is 1.62 bits per heavy atom. The molecule has 24 heavy (non-hydrogen) atoms. The third-order valence-corrected chi connectivity index (χ3v) is 4.94. The van der Waals surface area contributed by atoms with Gasteiger partial charge in [-0.05, 0) is 48.9 Å². The van der Waals surface area contributed by atoms with Crippen LogP contribution in [0, 0.1) is 0 Å². The third-order valence-electron chi connectivity index (χ3n) is 3.21. The van der Waals surface area contributed by atoms with E-state index in [4.69, 9.17) is 21.1 Å². The number of nitrogens with one attached hydrogen (secondary N) is 1. The predicted octanol–water partition coefficient (Wildman–Crippen LogP) is 3.24. The van der Waals surface area contributed by atoms with Crippen molar-refractivity contribution < 1.29 is 17.9 Å². The van der Waals surface area contributed by atoms with Crippen LogP contribution in [0.25, 0.3) is 0 Å². The average Bonchev–Trinajstić information content (AvgIpc) is 2.55. The summed E-state index contributed by atoms with van der Waals surface area (Å²) in [5.74, 6) is 1.29. The lowest BCUT2D eigenvalue weighted by Crippen LogP contribution is -2.37. The summed E-state index contributed by atoms with van der Waals surface area (Å²) in [6.45, 7) is 1.98. The molecule has 0 aliphatic carbocycles. The Bertz CT molecular complexity index is 745. The minimum absolute atomic E-state index is 0.100. The largest absolute Gasteiger partial charge is 0.497 e. The van der Waals surface area contributed by atoms with Crippen molar-refractivity contribution in [3.63, 3.8) is 0 Å². The Hall–Kier alpha value is -1.76. The molecule has 0 bridgehead atoms. The fraction of sp³-hybridized carbons (Fsp3) is 0.294. The van der Waals surface area contributed by atoms with Crippen molar-refractivity contribution in [2.75, 3.05) is 13.7 Å². The monoisotopic (exact) mass is 369 g/mol. The molecule has 0 fully saturated rings. The molecule has 2 aromatic rings. The summed E-state index contributed by atoms with van der Waals surface area (Å²) in [4.78, 5) is 0. The number of rotatable bonds is 8. The van der Waals surface area contributed by atoms with Crippen molar-refractivity contribution in [1.82, 2.24) is 4.72 Å². The molecule has 1 atom stereocenters. The number of halogens is 1. The molecule has 0 aromatic heterocycles. The second kappa shape index (κ2) is 8.37. The Morgan fingerprint density at radius 3 is 2.21 bits per heavy atom. The first-order valence-corrected chi connectivity index (χ1v) is 9.42. The highest BCUT2D eigenvalue weighted by molar-refractivity contribution is 7.88. The molecule has 0 amide bonds. The van der Waals surface area contributed by atoms with E-state index in [1.807, 2.05) is 0 Å². The predicted molar refractivity (Wildman–Crippen MR) is 95.2 cm³/mol. The fourth-order valence-corrected chi connectivity index (χ4v) is 3.60. The number of sulfonamides is 1. The van der Waals surface area contributed by atoms with E-state index in [2.05, 4.69) is 4.72 Å². The zero-order chi connectivity index (χ0) is 17.6. The molecular formula is C17H20ClNO4S. The van der Waals surface area contributed by atoms with E-state index in [1.165, 1.54) is 0 Å². The molecule has 0 aliphatic heterocycles. The molecule has 5 nitrogen and oxygen atoms in total. The molecule has 0 unspecified atom stereocenters. The molecule has 0 aliphatic rings. The minimum Gasteiger partial charge on any atom is -0.497 e. The van der Waals surface area contributed by atoms with Gasteiger partial charge in [-0.3, -0.25) is 0 Å². The smallest absolute Gasteiger partial charge is 0.216 e. The average molecular weight is 370 g/mol. The van der Waals surface area contributed by atoms with Gasteiger partial charge in [0.05, 0.1) is 18.9 Å². The molecule has 1 N–H and O–H groups in total. The molecule has 2 aromatic carbocycles. The van der Waals surface area contributed by atoms with Gasteiger partial charge in [0.15, 0.2) is 0 Å². The summed E-state index contributed by atoms with van der Waals surface area (Å²) in [6.07, 6.45) is 0. The first kappa shape index (κ1) is 18.6. The molecular weight excluding hydrogens is 350 g/mol. The number of methoxy groups -OCH3 is 1. The molecule has 0 spiro atoms. The van der Waals surface area contributed by atoms with Gasteiger partial charge in [0.1, 0.15) is 18.1 Å². The normalized spacial score (nSPS) is 12.6. The standard InChI is InChI=1S/C17H20ClNO4S/c1-13(11-23-17-9-7-16(22-2)8-10-17)19-24(20,21)12-14-3-5-15(18)6-4-14/h3-10,13,19H,11-12H2,1-2H3/t13-/m1/s1. The van der Waals surface area contributed by atoms with Crippen molar-refractivity contribution in [1.29, 1.82) is 0 Å². The van der Waals surface area contributed by atoms with E-state index in [0.717, 1.165) is 5.75 Å². The van der Waals surface area contributed by atoms with Gasteiger partial charge in [-0.1, -0.05) is 23.7 Å². The Morgan fingerprint density at radius 1 is 1.04 bits per heavy atom. The summed E-state index contributed by atoms with van der Waals surface area (Å²) in [5.41, 5.74) is 0.676. The molecule has 130 valence electrons. The highest BCUT2D eigenvalue weighted by atomic mass is 35.5. The van der Waals surface area contributed by atoms with Crippen LogP contribution in [0.2, 0.25) is 5.02 Å². The number of hydrogen-bond donors (Lipinski definition) is 1. The van der Waals surface area contributed by atoms with E-state index >= 15 is 0 Å². The van der Waals surface area contributed by atoms with Gasteiger partial charge in [-0.2, -0.15) is 0 Å². The highest BCUT2D eigenvalue weighted by Gasteiger charge is 2.16. The summed E-state index contributed by atoms with van der Waals surface area (Å²) >= 11 is 5.80. The van der Waals surface area contributed by atoms with E-state index in [1.54, 1.807) is 62.6 Å². The van der Waals surface area contributed by atoms with Crippen molar-refractivity contribution >= 4 is 21.6 Å². The molecule has 2 rings (SSSR count). The van der Waals surface area contributed by atoms with Gasteiger partial charge in [-0.25, -0.2) is 13.1 Å². The number of benzene rings is 2. The zero-order valence-corrected chi connectivity index (χ0v) is 15.1. The summed E-state index contributed by atoms with van der Waals surface area (Å²) < 4.78 is 37.6. The minimum atomic E-state index is -3.45. The van der Waals surface area contributed by atoms with Gasteiger partial charge in [-0.15, -0.1) is 0 Å². The summed E-state index contributed by atoms with van der Waals surface area (Å²) in [7, 11) is -1.86. The second-order valence-corrected chi connectivity index (χ2v) is 7.58. The lowest BCUT2D eigenvalue weighted by molar-refractivity contribution is 0.287. The van der Waals surface area contributed by atoms with Gasteiger partial charge in [0.25, 0.3) is 0 Å². The van der Waals surface area contributed by atoms with Crippen LogP contribution in [-0.4, -0.2) is 28.2 Å². The van der Waals surface area contributed by atoms with Crippen molar-refractivity contribution in [3.05, 3.63) is 59.1 Å². The third kappa shape index (κ3) is 6.03. The molecule has 7 heteroatoms. The van der Waals surface area contributed by atoms with Crippen LogP contribution in [-0.2, 0) is 15.8 Å². The van der Waals surface area contributed by atoms with Crippen LogP contribution < -0.4 is 14.2 Å². The number of ether oxygens (including phenoxy) is 2. The van der Waals surface area contributed by atoms with E-state index in [9.17, 15) is 8.42 Å². The SMILES string of the molecule is COc1ccc(OC[C@@H](C)NS(=O)(=O)Cc2ccc(Cl)cc2)cc1. The molecule has 0 heterocycles. The van der Waals surface area contributed by atoms with Crippen LogP contribution in [0.3, 0.4) is 0 Å². The van der Waals surface area contributed by atoms with Crippen LogP contribution in [0.15, 0.2) is 48.5 Å². The maximum atomic E-state index is 12.2. The fourth-order valence-electron chi connectivity index (χ4n) is 2.08. The van der Waals surface area contributed by atoms with Crippen LogP contribution >= 0.6 is 11.6 Å². The van der Waals surface area contributed by atoms with Crippen LogP contribution in [0.4, 0.5) is 0 Å². The highest BCUT2D eigenvalue weighted by Crippen LogP contribution is 2.17. The Labute approximate surface area is 147 Å². The topological polar surface area (TPSA) is 64.6 Å². The van der Waals surface area contributed by atoms with E-state index in [0.29, 0.717) is 16.3 Å². The molecule has 0 saturated carbocycles. The summed E-state index contributed by atoms with van der Waals surface area (Å²) in [6, 6.07) is 13.5. The van der Waals surface area contributed by atoms with E-state index in [-0.39, 0.29) is 18.4 Å². The first-order valence-electron chi connectivity index (χ1n) is 7.39. The van der Waals surface area contributed by atoms with Gasteiger partial charge in [0, 0.05) is 5.02 Å². The van der Waals surface area contributed by atoms with Gasteiger partial charge < -0.3 is 9.47 Å². The second-order valence-electron chi connectivity index (χ2n) is 5.39. The first-order chi connectivity index (χ1) is 11.4. The van der Waals surface area contributed by atoms with Gasteiger partial charge in [0.2, 0.25) is 10.0 Å². The van der Waals surface area contributed by atoms with Crippen molar-refractivity contribution in [2.45, 2.75) is 18.7 Å². The summed E-state index contributed by atoms with van der Waals surface area (Å²) in [5, 5.41) is 0.574. The number of hydrogen-bond acceptors (Lipinski definition) is 4. The maximum absolute atomic E-state index is 12.2. The van der Waals surface area contributed by atoms with Crippen LogP contribution in [0.5, 0.6) is 11.5 Å². The molecule has 0 radical (unpaired) electrons. The van der Waals surface area contributed by atoms with Crippen molar-refractivity contribution in [3.8, 4) is 11.5 Å². The quantitative estimate of drug-likeness (QED) is 0.775. The lowest BCUT2D eigenvalue weighted by Gasteiger charge is -2.15. The van der Waals surface area contributed by atoms with Gasteiger partial charge >= 0.3 is 0 Å². The lowest BCUT2D eigenvalue weighted by atomic mass is 10.2. The van der Waals surface area contributed by atoms with Crippen LogP contribution in [0.1, 0.15) is 12.5 Å².